The number of aryl methyl sites for hydroxylation is 2. The highest BCUT2D eigenvalue weighted by Gasteiger charge is 2.47. The van der Waals surface area contributed by atoms with E-state index in [1.165, 1.54) is 23.9 Å². The van der Waals surface area contributed by atoms with Crippen LogP contribution in [0, 0.1) is 19.7 Å². The first kappa shape index (κ1) is 19.7. The van der Waals surface area contributed by atoms with Crippen LogP contribution in [0.2, 0.25) is 5.02 Å². The van der Waals surface area contributed by atoms with Crippen molar-refractivity contribution >= 4 is 44.1 Å². The molecule has 2 aromatic rings. The van der Waals surface area contributed by atoms with Crippen molar-refractivity contribution in [2.75, 3.05) is 16.4 Å². The van der Waals surface area contributed by atoms with Gasteiger partial charge in [-0.3, -0.25) is 4.99 Å². The van der Waals surface area contributed by atoms with Gasteiger partial charge in [-0.1, -0.05) is 47.1 Å². The van der Waals surface area contributed by atoms with Crippen molar-refractivity contribution in [3.63, 3.8) is 0 Å². The lowest BCUT2D eigenvalue weighted by Crippen LogP contribution is -2.39. The Labute approximate surface area is 173 Å². The van der Waals surface area contributed by atoms with E-state index in [0.29, 0.717) is 10.8 Å². The Morgan fingerprint density at radius 2 is 2.00 bits per heavy atom. The van der Waals surface area contributed by atoms with Gasteiger partial charge >= 0.3 is 0 Å². The van der Waals surface area contributed by atoms with E-state index in [-0.39, 0.29) is 29.4 Å². The third-order valence-corrected chi connectivity index (χ3v) is 8.16. The minimum absolute atomic E-state index is 0.0838. The molecule has 2 aromatic carbocycles. The van der Waals surface area contributed by atoms with Crippen molar-refractivity contribution in [1.29, 1.82) is 0 Å². The van der Waals surface area contributed by atoms with E-state index >= 15 is 0 Å². The summed E-state index contributed by atoms with van der Waals surface area (Å²) in [5.74, 6) is 0.357. The average Bonchev–Trinajstić information content (AvgIpc) is 3.06. The Bertz CT molecular complexity index is 1070. The molecule has 1 saturated heterocycles. The number of sulfone groups is 1. The molecule has 0 radical (unpaired) electrons. The van der Waals surface area contributed by atoms with Gasteiger partial charge in [0.05, 0.1) is 23.6 Å². The number of amidine groups is 1. The molecule has 2 aliphatic heterocycles. The molecular formula is C20H20ClFN2O2S2. The average molecular weight is 439 g/mol. The highest BCUT2D eigenvalue weighted by Crippen LogP contribution is 2.38. The summed E-state index contributed by atoms with van der Waals surface area (Å²) in [5.41, 5.74) is 4.03. The lowest BCUT2D eigenvalue weighted by molar-refractivity contribution is 0.601. The SMILES string of the molecule is Cc1ccc(N2C(SCc3ccc(F)cc3Cl)=N[C@H]3CS(=O)(=O)C[C@H]32)c(C)c1. The van der Waals surface area contributed by atoms with Crippen molar-refractivity contribution in [2.45, 2.75) is 31.7 Å². The van der Waals surface area contributed by atoms with Gasteiger partial charge in [0.2, 0.25) is 0 Å². The number of nitrogens with zero attached hydrogens (tertiary/aromatic N) is 2. The maximum Gasteiger partial charge on any atom is 0.164 e. The van der Waals surface area contributed by atoms with Crippen molar-refractivity contribution in [1.82, 2.24) is 0 Å². The number of hydrogen-bond acceptors (Lipinski definition) is 5. The second kappa shape index (κ2) is 7.35. The summed E-state index contributed by atoms with van der Waals surface area (Å²) in [6.07, 6.45) is 0. The second-order valence-electron chi connectivity index (χ2n) is 7.31. The van der Waals surface area contributed by atoms with Crippen LogP contribution in [-0.2, 0) is 15.6 Å². The Hall–Kier alpha value is -1.57. The van der Waals surface area contributed by atoms with Crippen molar-refractivity contribution in [3.05, 3.63) is 63.9 Å². The monoisotopic (exact) mass is 438 g/mol. The fourth-order valence-corrected chi connectivity index (χ4v) is 7.05. The Morgan fingerprint density at radius 3 is 2.71 bits per heavy atom. The van der Waals surface area contributed by atoms with Crippen LogP contribution in [0.25, 0.3) is 0 Å². The van der Waals surface area contributed by atoms with Crippen LogP contribution < -0.4 is 4.90 Å². The highest BCUT2D eigenvalue weighted by molar-refractivity contribution is 8.13. The molecule has 4 rings (SSSR count). The molecule has 0 bridgehead atoms. The molecule has 0 saturated carbocycles. The molecule has 0 N–H and O–H groups in total. The van der Waals surface area contributed by atoms with Crippen LogP contribution in [-0.4, -0.2) is 37.2 Å². The minimum Gasteiger partial charge on any atom is -0.315 e. The first-order chi connectivity index (χ1) is 13.2. The van der Waals surface area contributed by atoms with Crippen LogP contribution in [0.1, 0.15) is 16.7 Å². The maximum absolute atomic E-state index is 13.3. The van der Waals surface area contributed by atoms with E-state index < -0.39 is 9.84 Å². The molecule has 0 aromatic heterocycles. The molecule has 8 heteroatoms. The normalized spacial score (nSPS) is 23.0. The summed E-state index contributed by atoms with van der Waals surface area (Å²) in [5, 5.41) is 1.17. The van der Waals surface area contributed by atoms with E-state index in [1.54, 1.807) is 6.07 Å². The second-order valence-corrected chi connectivity index (χ2v) is 10.8. The van der Waals surface area contributed by atoms with Gasteiger partial charge in [0.15, 0.2) is 15.0 Å². The van der Waals surface area contributed by atoms with Gasteiger partial charge in [0.1, 0.15) is 5.82 Å². The van der Waals surface area contributed by atoms with Crippen molar-refractivity contribution < 1.29 is 12.8 Å². The van der Waals surface area contributed by atoms with Crippen LogP contribution >= 0.6 is 23.4 Å². The van der Waals surface area contributed by atoms with E-state index in [2.05, 4.69) is 11.0 Å². The first-order valence-electron chi connectivity index (χ1n) is 8.95. The predicted molar refractivity (Wildman–Crippen MR) is 115 cm³/mol. The summed E-state index contributed by atoms with van der Waals surface area (Å²) in [6, 6.07) is 10.1. The zero-order valence-corrected chi connectivity index (χ0v) is 17.9. The topological polar surface area (TPSA) is 49.7 Å². The van der Waals surface area contributed by atoms with Crippen molar-refractivity contribution in [2.24, 2.45) is 4.99 Å². The van der Waals surface area contributed by atoms with E-state index in [0.717, 1.165) is 27.5 Å². The third-order valence-electron chi connectivity index (χ3n) is 5.09. The minimum atomic E-state index is -3.09. The van der Waals surface area contributed by atoms with Gasteiger partial charge in [-0.25, -0.2) is 12.8 Å². The summed E-state index contributed by atoms with van der Waals surface area (Å²) in [7, 11) is -3.09. The molecule has 28 heavy (non-hydrogen) atoms. The maximum atomic E-state index is 13.3. The predicted octanol–water partition coefficient (Wildman–Crippen LogP) is 4.37. The largest absolute Gasteiger partial charge is 0.315 e. The zero-order valence-electron chi connectivity index (χ0n) is 15.5. The lowest BCUT2D eigenvalue weighted by atomic mass is 10.1. The number of halogens is 2. The van der Waals surface area contributed by atoms with Crippen LogP contribution in [0.4, 0.5) is 10.1 Å². The number of thioether (sulfide) groups is 1. The van der Waals surface area contributed by atoms with Gasteiger partial charge in [-0.05, 0) is 43.2 Å². The molecule has 2 aliphatic rings. The molecule has 0 aliphatic carbocycles. The van der Waals surface area contributed by atoms with Gasteiger partial charge < -0.3 is 4.90 Å². The van der Waals surface area contributed by atoms with Gasteiger partial charge in [-0.2, -0.15) is 0 Å². The van der Waals surface area contributed by atoms with E-state index in [1.807, 2.05) is 26.0 Å². The van der Waals surface area contributed by atoms with Crippen LogP contribution in [0.5, 0.6) is 0 Å². The molecule has 1 fully saturated rings. The first-order valence-corrected chi connectivity index (χ1v) is 12.1. The lowest BCUT2D eigenvalue weighted by Gasteiger charge is -2.28. The number of anilines is 1. The fourth-order valence-electron chi connectivity index (χ4n) is 3.77. The summed E-state index contributed by atoms with van der Waals surface area (Å²) in [4.78, 5) is 6.80. The third kappa shape index (κ3) is 3.80. The molecule has 148 valence electrons. The molecular weight excluding hydrogens is 419 g/mol. The van der Waals surface area contributed by atoms with Gasteiger partial charge in [0, 0.05) is 16.5 Å². The van der Waals surface area contributed by atoms with Crippen LogP contribution in [0.15, 0.2) is 41.4 Å². The zero-order chi connectivity index (χ0) is 20.1. The number of rotatable bonds is 3. The van der Waals surface area contributed by atoms with Gasteiger partial charge in [0.25, 0.3) is 0 Å². The number of aliphatic imine (C=N–C) groups is 1. The Morgan fingerprint density at radius 1 is 1.21 bits per heavy atom. The fraction of sp³-hybridized carbons (Fsp3) is 0.350. The Kier molecular flexibility index (Phi) is 5.18. The standard InChI is InChI=1S/C20H20ClFN2O2S2/c1-12-3-6-18(13(2)7-12)24-19-11-28(25,26)10-17(19)23-20(24)27-9-14-4-5-15(22)8-16(14)21/h3-8,17,19H,9-11H2,1-2H3/t17-,19+/m0/s1. The summed E-state index contributed by atoms with van der Waals surface area (Å²) < 4.78 is 37.6. The quantitative estimate of drug-likeness (QED) is 0.713. The number of hydrogen-bond donors (Lipinski definition) is 0. The number of benzene rings is 2. The molecule has 2 atom stereocenters. The Balaban J connectivity index is 1.65. The smallest absolute Gasteiger partial charge is 0.164 e. The summed E-state index contributed by atoms with van der Waals surface area (Å²) >= 11 is 7.66. The molecule has 0 spiro atoms. The molecule has 4 nitrogen and oxygen atoms in total. The van der Waals surface area contributed by atoms with E-state index in [9.17, 15) is 12.8 Å². The molecule has 0 amide bonds. The molecule has 0 unspecified atom stereocenters. The van der Waals surface area contributed by atoms with Gasteiger partial charge in [-0.15, -0.1) is 0 Å². The molecule has 2 heterocycles. The summed E-state index contributed by atoms with van der Waals surface area (Å²) in [6.45, 7) is 4.06. The van der Waals surface area contributed by atoms with Crippen LogP contribution in [0.3, 0.4) is 0 Å². The van der Waals surface area contributed by atoms with Crippen molar-refractivity contribution in [3.8, 4) is 0 Å². The highest BCUT2D eigenvalue weighted by atomic mass is 35.5. The van der Waals surface area contributed by atoms with E-state index in [4.69, 9.17) is 16.6 Å². The number of fused-ring (bicyclic) bond motifs is 1.